The van der Waals surface area contributed by atoms with E-state index in [1.807, 2.05) is 0 Å². The van der Waals surface area contributed by atoms with Crippen LogP contribution in [0.4, 0.5) is 0 Å². The van der Waals surface area contributed by atoms with Gasteiger partial charge in [0.05, 0.1) is 0 Å². The van der Waals surface area contributed by atoms with Crippen molar-refractivity contribution in [1.29, 1.82) is 0 Å². The molecule has 0 aliphatic heterocycles. The van der Waals surface area contributed by atoms with Crippen molar-refractivity contribution < 1.29 is 13.9 Å². The van der Waals surface area contributed by atoms with Crippen LogP contribution in [0.3, 0.4) is 0 Å². The Balaban J connectivity index is 3.51. The molecule has 0 saturated heterocycles. The molecule has 0 amide bonds. The van der Waals surface area contributed by atoms with Gasteiger partial charge in [0.25, 0.3) is 5.97 Å². The minimum absolute atomic E-state index is 0.541. The van der Waals surface area contributed by atoms with Gasteiger partial charge in [0, 0.05) is 21.1 Å². The summed E-state index contributed by atoms with van der Waals surface area (Å²) in [5.74, 6) is 0.0326. The standard InChI is InChI=1S/C6H16O3SSi/c1-6(7-2,8-3)9-11-5-4-10/h10H,4-5,11H2,1-3H3. The normalized spacial score (nSPS) is 13.1. The highest BCUT2D eigenvalue weighted by atomic mass is 32.1. The van der Waals surface area contributed by atoms with E-state index in [1.54, 1.807) is 21.1 Å². The number of hydrogen-bond donors (Lipinski definition) is 1. The van der Waals surface area contributed by atoms with Gasteiger partial charge in [-0.25, -0.2) is 0 Å². The van der Waals surface area contributed by atoms with E-state index in [9.17, 15) is 0 Å². The fraction of sp³-hybridized carbons (Fsp3) is 1.00. The lowest BCUT2D eigenvalue weighted by atomic mass is 10.7. The molecule has 0 heterocycles. The van der Waals surface area contributed by atoms with Crippen LogP contribution in [-0.4, -0.2) is 35.7 Å². The maximum atomic E-state index is 5.41. The summed E-state index contributed by atoms with van der Waals surface area (Å²) in [4.78, 5) is 0. The Labute approximate surface area is 75.8 Å². The highest BCUT2D eigenvalue weighted by molar-refractivity contribution is 7.80. The Morgan fingerprint density at radius 3 is 2.27 bits per heavy atom. The molecule has 0 aromatic heterocycles. The van der Waals surface area contributed by atoms with Crippen LogP contribution in [0, 0.1) is 0 Å². The van der Waals surface area contributed by atoms with Gasteiger partial charge in [-0.1, -0.05) is 0 Å². The van der Waals surface area contributed by atoms with Crippen LogP contribution in [0.5, 0.6) is 0 Å². The average Bonchev–Trinajstić information content (AvgIpc) is 2.05. The minimum Gasteiger partial charge on any atom is -0.376 e. The van der Waals surface area contributed by atoms with Crippen LogP contribution in [0.25, 0.3) is 0 Å². The van der Waals surface area contributed by atoms with Crippen LogP contribution < -0.4 is 0 Å². The fourth-order valence-electron chi connectivity index (χ4n) is 0.523. The first-order valence-electron chi connectivity index (χ1n) is 3.53. The molecule has 0 aromatic carbocycles. The summed E-state index contributed by atoms with van der Waals surface area (Å²) in [6.07, 6.45) is 0. The van der Waals surface area contributed by atoms with E-state index in [0.717, 1.165) is 11.8 Å². The molecule has 5 heteroatoms. The predicted molar refractivity (Wildman–Crippen MR) is 50.7 cm³/mol. The topological polar surface area (TPSA) is 27.7 Å². The first-order chi connectivity index (χ1) is 5.18. The lowest BCUT2D eigenvalue weighted by molar-refractivity contribution is -0.310. The van der Waals surface area contributed by atoms with Gasteiger partial charge in [-0.3, -0.25) is 0 Å². The summed E-state index contributed by atoms with van der Waals surface area (Å²) < 4.78 is 15.4. The molecule has 0 aliphatic carbocycles. The zero-order chi connectivity index (χ0) is 8.74. The summed E-state index contributed by atoms with van der Waals surface area (Å²) in [7, 11) is 2.59. The summed E-state index contributed by atoms with van der Waals surface area (Å²) in [6.45, 7) is 1.76. The SMILES string of the molecule is COC(C)(OC)O[SiH2]CCS. The second-order valence-corrected chi connectivity index (χ2v) is 4.05. The molecule has 3 nitrogen and oxygen atoms in total. The molecule has 11 heavy (non-hydrogen) atoms. The molecule has 0 saturated carbocycles. The van der Waals surface area contributed by atoms with Crippen molar-refractivity contribution in [2.45, 2.75) is 18.9 Å². The smallest absolute Gasteiger partial charge is 0.269 e. The molecule has 68 valence electrons. The Morgan fingerprint density at radius 2 is 1.91 bits per heavy atom. The summed E-state index contributed by atoms with van der Waals surface area (Å²) >= 11 is 4.08. The van der Waals surface area contributed by atoms with Gasteiger partial charge < -0.3 is 13.9 Å². The lowest BCUT2D eigenvalue weighted by Gasteiger charge is -2.26. The van der Waals surface area contributed by atoms with Gasteiger partial charge in [-0.2, -0.15) is 12.6 Å². The predicted octanol–water partition coefficient (Wildman–Crippen LogP) is 0.401. The van der Waals surface area contributed by atoms with Crippen LogP contribution >= 0.6 is 12.6 Å². The third-order valence-electron chi connectivity index (χ3n) is 1.41. The number of hydrogen-bond acceptors (Lipinski definition) is 4. The highest BCUT2D eigenvalue weighted by Crippen LogP contribution is 2.10. The van der Waals surface area contributed by atoms with Crippen molar-refractivity contribution >= 4 is 22.4 Å². The van der Waals surface area contributed by atoms with E-state index >= 15 is 0 Å². The monoisotopic (exact) mass is 196 g/mol. The molecule has 0 radical (unpaired) electrons. The molecule has 0 N–H and O–H groups in total. The minimum atomic E-state index is -0.838. The van der Waals surface area contributed by atoms with E-state index < -0.39 is 15.7 Å². The van der Waals surface area contributed by atoms with Crippen molar-refractivity contribution in [2.24, 2.45) is 0 Å². The highest BCUT2D eigenvalue weighted by Gasteiger charge is 2.22. The number of ether oxygens (including phenoxy) is 2. The maximum absolute atomic E-state index is 5.41. The molecule has 0 fully saturated rings. The molecule has 0 rings (SSSR count). The Hall–Kier alpha value is 0.447. The van der Waals surface area contributed by atoms with E-state index in [1.165, 1.54) is 0 Å². The van der Waals surface area contributed by atoms with Crippen molar-refractivity contribution in [3.8, 4) is 0 Å². The van der Waals surface area contributed by atoms with Gasteiger partial charge in [0.2, 0.25) is 0 Å². The van der Waals surface area contributed by atoms with Crippen LogP contribution in [0.1, 0.15) is 6.92 Å². The van der Waals surface area contributed by atoms with Crippen LogP contribution in [0.2, 0.25) is 6.04 Å². The second kappa shape index (κ2) is 6.02. The quantitative estimate of drug-likeness (QED) is 0.288. The average molecular weight is 196 g/mol. The van der Waals surface area contributed by atoms with Gasteiger partial charge in [-0.05, 0) is 11.8 Å². The number of thiol groups is 1. The van der Waals surface area contributed by atoms with Gasteiger partial charge in [-0.15, -0.1) is 0 Å². The summed E-state index contributed by atoms with van der Waals surface area (Å²) in [6, 6.07) is 1.03. The Kier molecular flexibility index (Phi) is 6.26. The molecule has 0 spiro atoms. The first kappa shape index (κ1) is 11.4. The van der Waals surface area contributed by atoms with E-state index in [4.69, 9.17) is 13.9 Å². The Morgan fingerprint density at radius 1 is 1.36 bits per heavy atom. The zero-order valence-electron chi connectivity index (χ0n) is 7.29. The van der Waals surface area contributed by atoms with E-state index in [2.05, 4.69) is 12.6 Å². The van der Waals surface area contributed by atoms with Crippen molar-refractivity contribution in [1.82, 2.24) is 0 Å². The summed E-state index contributed by atoms with van der Waals surface area (Å²) in [5, 5.41) is 0. The second-order valence-electron chi connectivity index (χ2n) is 2.20. The van der Waals surface area contributed by atoms with Crippen molar-refractivity contribution in [3.05, 3.63) is 0 Å². The van der Waals surface area contributed by atoms with E-state index in [-0.39, 0.29) is 0 Å². The molecule has 0 aliphatic rings. The molecular formula is C6H16O3SSi. The van der Waals surface area contributed by atoms with Crippen LogP contribution in [-0.2, 0) is 13.9 Å². The number of methoxy groups -OCH3 is 2. The Bertz CT molecular complexity index is 97.8. The lowest BCUT2D eigenvalue weighted by Crippen LogP contribution is -2.34. The molecular weight excluding hydrogens is 180 g/mol. The zero-order valence-corrected chi connectivity index (χ0v) is 9.60. The van der Waals surface area contributed by atoms with Crippen molar-refractivity contribution in [2.75, 3.05) is 20.0 Å². The summed E-state index contributed by atoms with van der Waals surface area (Å²) in [5.41, 5.74) is 0. The third-order valence-corrected chi connectivity index (χ3v) is 3.69. The molecule has 0 bridgehead atoms. The van der Waals surface area contributed by atoms with Gasteiger partial charge in [0.15, 0.2) is 9.76 Å². The molecule has 0 atom stereocenters. The maximum Gasteiger partial charge on any atom is 0.269 e. The van der Waals surface area contributed by atoms with Crippen molar-refractivity contribution in [3.63, 3.8) is 0 Å². The third kappa shape index (κ3) is 4.81. The fourth-order valence-corrected chi connectivity index (χ4v) is 1.79. The van der Waals surface area contributed by atoms with E-state index in [0.29, 0.717) is 0 Å². The molecule has 0 aromatic rings. The van der Waals surface area contributed by atoms with Crippen LogP contribution in [0.15, 0.2) is 0 Å². The number of rotatable bonds is 6. The van der Waals surface area contributed by atoms with Gasteiger partial charge in [0.1, 0.15) is 0 Å². The first-order valence-corrected chi connectivity index (χ1v) is 5.74. The largest absolute Gasteiger partial charge is 0.376 e. The van der Waals surface area contributed by atoms with Gasteiger partial charge >= 0.3 is 0 Å². The molecule has 0 unspecified atom stereocenters.